The van der Waals surface area contributed by atoms with Crippen LogP contribution in [-0.4, -0.2) is 31.1 Å². The molecule has 1 unspecified atom stereocenters. The lowest BCUT2D eigenvalue weighted by atomic mass is 9.81. The van der Waals surface area contributed by atoms with Gasteiger partial charge in [-0.1, -0.05) is 30.3 Å². The molecule has 0 bridgehead atoms. The van der Waals surface area contributed by atoms with Crippen molar-refractivity contribution in [1.29, 1.82) is 5.26 Å². The van der Waals surface area contributed by atoms with Crippen molar-refractivity contribution in [2.75, 3.05) is 19.1 Å². The van der Waals surface area contributed by atoms with E-state index in [9.17, 15) is 29.4 Å². The van der Waals surface area contributed by atoms with Crippen molar-refractivity contribution >= 4 is 23.3 Å². The number of halogens is 2. The Hall–Kier alpha value is -4.79. The Balaban J connectivity index is 2.52. The normalized spacial score (nSPS) is 15.5. The van der Waals surface area contributed by atoms with E-state index in [1.54, 1.807) is 30.3 Å². The van der Waals surface area contributed by atoms with E-state index in [-0.39, 0.29) is 5.57 Å². The van der Waals surface area contributed by atoms with Gasteiger partial charge in [-0.2, -0.15) is 9.65 Å². The lowest BCUT2D eigenvalue weighted by molar-refractivity contribution is -0.387. The highest BCUT2D eigenvalue weighted by Gasteiger charge is 2.44. The van der Waals surface area contributed by atoms with Crippen LogP contribution in [0.25, 0.3) is 0 Å². The van der Waals surface area contributed by atoms with Gasteiger partial charge in [0.05, 0.1) is 48.0 Å². The highest BCUT2D eigenvalue weighted by atomic mass is 19.1. The zero-order valence-corrected chi connectivity index (χ0v) is 18.7. The van der Waals surface area contributed by atoms with Crippen molar-refractivity contribution in [2.45, 2.75) is 12.8 Å². The maximum Gasteiger partial charge on any atom is 0.355 e. The number of carbonyl (C=O) groups excluding carboxylic acids is 2. The Morgan fingerprint density at radius 3 is 2.26 bits per heavy atom. The van der Waals surface area contributed by atoms with Gasteiger partial charge in [-0.15, -0.1) is 0 Å². The summed E-state index contributed by atoms with van der Waals surface area (Å²) in [5.74, 6) is -6.74. The molecule has 10 nitrogen and oxygen atoms in total. The van der Waals surface area contributed by atoms with Gasteiger partial charge in [0.1, 0.15) is 11.5 Å². The first-order chi connectivity index (χ1) is 16.6. The largest absolute Gasteiger partial charge is 0.466 e. The monoisotopic (exact) mass is 484 g/mol. The first-order valence-electron chi connectivity index (χ1n) is 9.89. The van der Waals surface area contributed by atoms with E-state index in [2.05, 4.69) is 0 Å². The second-order valence-corrected chi connectivity index (χ2v) is 7.26. The maximum atomic E-state index is 15.3. The number of carbonyl (C=O) groups is 2. The Morgan fingerprint density at radius 1 is 1.14 bits per heavy atom. The summed E-state index contributed by atoms with van der Waals surface area (Å²) in [5.41, 5.74) is 2.63. The lowest BCUT2D eigenvalue weighted by Gasteiger charge is -2.36. The predicted molar refractivity (Wildman–Crippen MR) is 117 cm³/mol. The van der Waals surface area contributed by atoms with Crippen molar-refractivity contribution in [3.05, 3.63) is 91.9 Å². The van der Waals surface area contributed by atoms with Gasteiger partial charge in [-0.25, -0.2) is 14.0 Å². The number of methoxy groups -OCH3 is 2. The third-order valence-corrected chi connectivity index (χ3v) is 5.43. The molecule has 1 aliphatic rings. The van der Waals surface area contributed by atoms with Crippen molar-refractivity contribution in [3.63, 3.8) is 0 Å². The first-order valence-corrected chi connectivity index (χ1v) is 9.89. The molecule has 0 saturated heterocycles. The summed E-state index contributed by atoms with van der Waals surface area (Å²) >= 11 is 0. The molecule has 0 spiro atoms. The van der Waals surface area contributed by atoms with Crippen molar-refractivity contribution in [3.8, 4) is 6.07 Å². The van der Waals surface area contributed by atoms with Crippen LogP contribution in [0.15, 0.2) is 59.1 Å². The Morgan fingerprint density at radius 2 is 1.74 bits per heavy atom. The van der Waals surface area contributed by atoms with Crippen LogP contribution in [0.3, 0.4) is 0 Å². The summed E-state index contributed by atoms with van der Waals surface area (Å²) in [6.45, 7) is 0.950. The third-order valence-electron chi connectivity index (χ3n) is 5.43. The molecule has 0 fully saturated rings. The van der Waals surface area contributed by atoms with E-state index in [1.807, 2.05) is 6.07 Å². The van der Waals surface area contributed by atoms with Gasteiger partial charge in [0, 0.05) is 11.6 Å². The molecule has 0 amide bonds. The minimum Gasteiger partial charge on any atom is -0.466 e. The van der Waals surface area contributed by atoms with Crippen LogP contribution in [0.4, 0.5) is 20.2 Å². The van der Waals surface area contributed by atoms with Gasteiger partial charge in [-0.05, 0) is 12.5 Å². The summed E-state index contributed by atoms with van der Waals surface area (Å²) in [4.78, 5) is 36.9. The molecule has 1 atom stereocenters. The molecule has 0 aromatic heterocycles. The molecule has 0 saturated carbocycles. The molecular formula is C23H18F2N4O6. The van der Waals surface area contributed by atoms with Crippen LogP contribution in [0.2, 0.25) is 0 Å². The molecule has 1 heterocycles. The van der Waals surface area contributed by atoms with Crippen molar-refractivity contribution in [1.82, 2.24) is 0 Å². The summed E-state index contributed by atoms with van der Waals surface area (Å²) in [5, 5.41) is 21.4. The van der Waals surface area contributed by atoms with Gasteiger partial charge < -0.3 is 15.2 Å². The number of nitro benzene ring substituents is 1. The number of rotatable bonds is 5. The number of ether oxygens (including phenoxy) is 2. The smallest absolute Gasteiger partial charge is 0.355 e. The molecule has 12 heteroatoms. The topological polar surface area (TPSA) is 149 Å². The maximum absolute atomic E-state index is 15.3. The van der Waals surface area contributed by atoms with E-state index in [0.29, 0.717) is 16.5 Å². The van der Waals surface area contributed by atoms with Crippen LogP contribution in [0.1, 0.15) is 17.0 Å². The van der Waals surface area contributed by atoms with Gasteiger partial charge in [0.2, 0.25) is 5.82 Å². The van der Waals surface area contributed by atoms with Crippen LogP contribution in [0, 0.1) is 40.0 Å². The van der Waals surface area contributed by atoms with E-state index in [1.165, 1.54) is 0 Å². The molecule has 0 radical (unpaired) electrons. The van der Waals surface area contributed by atoms with Crippen molar-refractivity contribution in [2.24, 2.45) is 5.73 Å². The molecule has 3 rings (SSSR count). The number of nitriles is 1. The molecular weight excluding hydrogens is 466 g/mol. The molecule has 1 aliphatic heterocycles. The second-order valence-electron chi connectivity index (χ2n) is 7.26. The standard InChI is InChI=1S/C23H18F2N4O6/c1-11-18(24)14(9-15(19(11)25)29(32)33)28-20(23(31)35-3)17(22(30)34-2)16(13(10-26)21(28)27)12-7-5-4-6-8-12/h4-9,16H,27H2,1-3H3. The van der Waals surface area contributed by atoms with E-state index >= 15 is 4.39 Å². The third kappa shape index (κ3) is 4.04. The van der Waals surface area contributed by atoms with Crippen molar-refractivity contribution < 1.29 is 32.8 Å². The minimum atomic E-state index is -1.43. The van der Waals surface area contributed by atoms with E-state index < -0.39 is 68.4 Å². The molecule has 2 N–H and O–H groups in total. The Bertz CT molecular complexity index is 1350. The van der Waals surface area contributed by atoms with Crippen LogP contribution in [-0.2, 0) is 19.1 Å². The number of anilines is 1. The zero-order chi connectivity index (χ0) is 26.0. The highest BCUT2D eigenvalue weighted by molar-refractivity contribution is 6.06. The Labute approximate surface area is 197 Å². The SMILES string of the molecule is COC(=O)C1=C(C(=O)OC)N(c2cc([N+](=O)[O-])c(F)c(C)c2F)C(N)=C(C#N)C1c1ccccc1. The zero-order valence-electron chi connectivity index (χ0n) is 18.7. The molecule has 35 heavy (non-hydrogen) atoms. The molecule has 0 aliphatic carbocycles. The summed E-state index contributed by atoms with van der Waals surface area (Å²) in [7, 11) is 2.01. The summed E-state index contributed by atoms with van der Waals surface area (Å²) in [6, 6.07) is 10.4. The first kappa shape index (κ1) is 24.8. The van der Waals surface area contributed by atoms with Crippen LogP contribution >= 0.6 is 0 Å². The highest BCUT2D eigenvalue weighted by Crippen LogP contribution is 2.45. The number of benzene rings is 2. The molecule has 2 aromatic carbocycles. The van der Waals surface area contributed by atoms with Gasteiger partial charge in [0.25, 0.3) is 0 Å². The minimum absolute atomic E-state index is 0.284. The Kier molecular flexibility index (Phi) is 6.81. The molecule has 2 aromatic rings. The number of esters is 2. The fourth-order valence-electron chi connectivity index (χ4n) is 3.80. The number of nitrogens with two attached hydrogens (primary N) is 1. The van der Waals surface area contributed by atoms with E-state index in [0.717, 1.165) is 21.1 Å². The van der Waals surface area contributed by atoms with Crippen LogP contribution in [0.5, 0.6) is 0 Å². The van der Waals surface area contributed by atoms with Crippen LogP contribution < -0.4 is 10.6 Å². The molecule has 180 valence electrons. The van der Waals surface area contributed by atoms with E-state index in [4.69, 9.17) is 15.2 Å². The fourth-order valence-corrected chi connectivity index (χ4v) is 3.80. The van der Waals surface area contributed by atoms with Gasteiger partial charge in [0.15, 0.2) is 5.82 Å². The lowest BCUT2D eigenvalue weighted by Crippen LogP contribution is -2.41. The summed E-state index contributed by atoms with van der Waals surface area (Å²) in [6.07, 6.45) is 0. The second kappa shape index (κ2) is 9.60. The van der Waals surface area contributed by atoms with Gasteiger partial charge >= 0.3 is 17.6 Å². The number of hydrogen-bond acceptors (Lipinski definition) is 9. The number of nitro groups is 1. The number of hydrogen-bond donors (Lipinski definition) is 1. The number of nitrogens with zero attached hydrogens (tertiary/aromatic N) is 3. The quantitative estimate of drug-likeness (QED) is 0.384. The summed E-state index contributed by atoms with van der Waals surface area (Å²) < 4.78 is 39.4. The number of allylic oxidation sites excluding steroid dienone is 1. The fraction of sp³-hybridized carbons (Fsp3) is 0.174. The average molecular weight is 484 g/mol. The predicted octanol–water partition coefficient (Wildman–Crippen LogP) is 3.08. The van der Waals surface area contributed by atoms with Gasteiger partial charge in [-0.3, -0.25) is 15.0 Å². The average Bonchev–Trinajstić information content (AvgIpc) is 2.86.